The van der Waals surface area contributed by atoms with Crippen molar-refractivity contribution in [3.05, 3.63) is 35.0 Å². The Morgan fingerprint density at radius 1 is 1.21 bits per heavy atom. The van der Waals surface area contributed by atoms with Gasteiger partial charge in [-0.1, -0.05) is 18.2 Å². The molecule has 1 aromatic carbocycles. The molecular weight excluding hydrogens is 232 g/mol. The second-order valence-electron chi connectivity index (χ2n) is 6.10. The largest absolute Gasteiger partial charge is 0.344 e. The van der Waals surface area contributed by atoms with Crippen molar-refractivity contribution < 1.29 is 0 Å². The Morgan fingerprint density at radius 3 is 2.89 bits per heavy atom. The molecule has 0 atom stereocenters. The molecule has 2 aliphatic rings. The molecule has 100 valence electrons. The van der Waals surface area contributed by atoms with E-state index in [1.165, 1.54) is 50.7 Å². The summed E-state index contributed by atoms with van der Waals surface area (Å²) in [5.41, 5.74) is 6.29. The first-order valence-corrected chi connectivity index (χ1v) is 7.67. The summed E-state index contributed by atoms with van der Waals surface area (Å²) in [5, 5.41) is 5.00. The molecule has 2 aromatic rings. The molecule has 0 aliphatic carbocycles. The quantitative estimate of drug-likeness (QED) is 0.825. The molecule has 2 heteroatoms. The number of nitrogens with zero attached hydrogens (tertiary/aromatic N) is 1. The van der Waals surface area contributed by atoms with Crippen molar-refractivity contribution in [1.29, 1.82) is 0 Å². The van der Waals surface area contributed by atoms with Crippen LogP contribution in [0.25, 0.3) is 10.9 Å². The van der Waals surface area contributed by atoms with Crippen molar-refractivity contribution in [2.45, 2.75) is 45.1 Å². The van der Waals surface area contributed by atoms with Crippen LogP contribution in [0.5, 0.6) is 0 Å². The van der Waals surface area contributed by atoms with E-state index in [1.807, 2.05) is 0 Å². The van der Waals surface area contributed by atoms with E-state index in [0.717, 1.165) is 5.92 Å². The van der Waals surface area contributed by atoms with Gasteiger partial charge in [-0.05, 0) is 56.8 Å². The fourth-order valence-electron chi connectivity index (χ4n) is 4.16. The SMILES string of the molecule is Cc1c(C2CCNCC2)n2c3c(cccc13)CCC2. The van der Waals surface area contributed by atoms with Gasteiger partial charge >= 0.3 is 0 Å². The zero-order valence-electron chi connectivity index (χ0n) is 11.7. The smallest absolute Gasteiger partial charge is 0.0517 e. The average molecular weight is 254 g/mol. The van der Waals surface area contributed by atoms with Crippen LogP contribution >= 0.6 is 0 Å². The highest BCUT2D eigenvalue weighted by Gasteiger charge is 2.26. The number of benzene rings is 1. The monoisotopic (exact) mass is 254 g/mol. The summed E-state index contributed by atoms with van der Waals surface area (Å²) in [5.74, 6) is 0.764. The Labute approximate surface area is 114 Å². The van der Waals surface area contributed by atoms with Crippen molar-refractivity contribution in [3.8, 4) is 0 Å². The van der Waals surface area contributed by atoms with E-state index in [0.29, 0.717) is 0 Å². The predicted molar refractivity (Wildman–Crippen MR) is 79.8 cm³/mol. The van der Waals surface area contributed by atoms with E-state index in [1.54, 1.807) is 22.3 Å². The molecular formula is C17H22N2. The van der Waals surface area contributed by atoms with Gasteiger partial charge in [-0.25, -0.2) is 0 Å². The number of nitrogens with one attached hydrogen (secondary N) is 1. The molecule has 0 bridgehead atoms. The lowest BCUT2D eigenvalue weighted by atomic mass is 9.92. The second-order valence-corrected chi connectivity index (χ2v) is 6.10. The number of rotatable bonds is 1. The maximum absolute atomic E-state index is 3.49. The number of piperidine rings is 1. The molecule has 19 heavy (non-hydrogen) atoms. The summed E-state index contributed by atoms with van der Waals surface area (Å²) >= 11 is 0. The minimum Gasteiger partial charge on any atom is -0.344 e. The fraction of sp³-hybridized carbons (Fsp3) is 0.529. The Balaban J connectivity index is 1.95. The molecule has 0 amide bonds. The van der Waals surface area contributed by atoms with E-state index in [-0.39, 0.29) is 0 Å². The van der Waals surface area contributed by atoms with Crippen LogP contribution in [0.4, 0.5) is 0 Å². The van der Waals surface area contributed by atoms with Gasteiger partial charge in [-0.3, -0.25) is 0 Å². The minimum absolute atomic E-state index is 0.764. The summed E-state index contributed by atoms with van der Waals surface area (Å²) in [6, 6.07) is 6.89. The molecule has 0 saturated carbocycles. The van der Waals surface area contributed by atoms with E-state index >= 15 is 0 Å². The van der Waals surface area contributed by atoms with Crippen LogP contribution in [0.3, 0.4) is 0 Å². The zero-order chi connectivity index (χ0) is 12.8. The molecule has 1 aromatic heterocycles. The standard InChI is InChI=1S/C17H22N2/c1-12-15-6-2-4-13-5-3-11-19(17(13)15)16(12)14-7-9-18-10-8-14/h2,4,6,14,18H,3,5,7-11H2,1H3. The van der Waals surface area contributed by atoms with Gasteiger partial charge < -0.3 is 9.88 Å². The highest BCUT2D eigenvalue weighted by atomic mass is 15.0. The van der Waals surface area contributed by atoms with Gasteiger partial charge in [0.15, 0.2) is 0 Å². The first-order valence-electron chi connectivity index (χ1n) is 7.67. The summed E-state index contributed by atoms with van der Waals surface area (Å²) < 4.78 is 2.65. The molecule has 0 unspecified atom stereocenters. The fourth-order valence-corrected chi connectivity index (χ4v) is 4.16. The summed E-state index contributed by atoms with van der Waals surface area (Å²) in [6.45, 7) is 5.92. The Morgan fingerprint density at radius 2 is 2.05 bits per heavy atom. The number of aryl methyl sites for hydroxylation is 3. The minimum atomic E-state index is 0.764. The predicted octanol–water partition coefficient (Wildman–Crippen LogP) is 3.36. The van der Waals surface area contributed by atoms with E-state index in [4.69, 9.17) is 0 Å². The van der Waals surface area contributed by atoms with Gasteiger partial charge in [0.2, 0.25) is 0 Å². The van der Waals surface area contributed by atoms with Gasteiger partial charge in [0, 0.05) is 23.5 Å². The summed E-state index contributed by atoms with van der Waals surface area (Å²) in [6.07, 6.45) is 5.16. The lowest BCUT2D eigenvalue weighted by Gasteiger charge is -2.27. The topological polar surface area (TPSA) is 17.0 Å². The van der Waals surface area contributed by atoms with Crippen molar-refractivity contribution in [1.82, 2.24) is 9.88 Å². The second kappa shape index (κ2) is 4.38. The maximum atomic E-state index is 3.49. The molecule has 2 nitrogen and oxygen atoms in total. The van der Waals surface area contributed by atoms with Crippen molar-refractivity contribution in [3.63, 3.8) is 0 Å². The Hall–Kier alpha value is -1.28. The third-order valence-electron chi connectivity index (χ3n) is 5.02. The normalized spacial score (nSPS) is 20.1. The Bertz CT molecular complexity index is 618. The third kappa shape index (κ3) is 1.66. The van der Waals surface area contributed by atoms with Crippen LogP contribution in [0, 0.1) is 6.92 Å². The molecule has 1 N–H and O–H groups in total. The number of hydrogen-bond acceptors (Lipinski definition) is 1. The van der Waals surface area contributed by atoms with Crippen LogP contribution in [-0.2, 0) is 13.0 Å². The van der Waals surface area contributed by atoms with E-state index in [2.05, 4.69) is 35.0 Å². The van der Waals surface area contributed by atoms with Crippen LogP contribution in [0.1, 0.15) is 42.0 Å². The van der Waals surface area contributed by atoms with Crippen molar-refractivity contribution >= 4 is 10.9 Å². The van der Waals surface area contributed by atoms with Gasteiger partial charge in [0.05, 0.1) is 5.52 Å². The van der Waals surface area contributed by atoms with E-state index in [9.17, 15) is 0 Å². The van der Waals surface area contributed by atoms with Gasteiger partial charge in [-0.15, -0.1) is 0 Å². The summed E-state index contributed by atoms with van der Waals surface area (Å²) in [7, 11) is 0. The van der Waals surface area contributed by atoms with Crippen LogP contribution in [-0.4, -0.2) is 17.7 Å². The first kappa shape index (κ1) is 11.5. The van der Waals surface area contributed by atoms with Crippen LogP contribution in [0.2, 0.25) is 0 Å². The molecule has 4 rings (SSSR count). The van der Waals surface area contributed by atoms with Crippen LogP contribution in [0.15, 0.2) is 18.2 Å². The average Bonchev–Trinajstić information content (AvgIpc) is 2.76. The van der Waals surface area contributed by atoms with Gasteiger partial charge in [0.25, 0.3) is 0 Å². The zero-order valence-corrected chi connectivity index (χ0v) is 11.7. The molecule has 1 saturated heterocycles. The molecule has 3 heterocycles. The molecule has 1 fully saturated rings. The molecule has 0 spiro atoms. The van der Waals surface area contributed by atoms with Crippen LogP contribution < -0.4 is 5.32 Å². The lowest BCUT2D eigenvalue weighted by molar-refractivity contribution is 0.435. The lowest BCUT2D eigenvalue weighted by Crippen LogP contribution is -2.28. The van der Waals surface area contributed by atoms with Gasteiger partial charge in [0.1, 0.15) is 0 Å². The number of para-hydroxylation sites is 1. The van der Waals surface area contributed by atoms with Gasteiger partial charge in [-0.2, -0.15) is 0 Å². The number of hydrogen-bond donors (Lipinski definition) is 1. The highest BCUT2D eigenvalue weighted by Crippen LogP contribution is 2.38. The van der Waals surface area contributed by atoms with E-state index < -0.39 is 0 Å². The van der Waals surface area contributed by atoms with Crippen molar-refractivity contribution in [2.24, 2.45) is 0 Å². The Kier molecular flexibility index (Phi) is 2.66. The number of aromatic nitrogens is 1. The first-order chi connectivity index (χ1) is 9.36. The third-order valence-corrected chi connectivity index (χ3v) is 5.02. The summed E-state index contributed by atoms with van der Waals surface area (Å²) in [4.78, 5) is 0. The van der Waals surface area contributed by atoms with Crippen molar-refractivity contribution in [2.75, 3.05) is 13.1 Å². The highest BCUT2D eigenvalue weighted by molar-refractivity contribution is 5.88. The molecule has 0 radical (unpaired) electrons. The molecule has 2 aliphatic heterocycles. The maximum Gasteiger partial charge on any atom is 0.0517 e.